The average Bonchev–Trinajstić information content (AvgIpc) is 2.66. The topological polar surface area (TPSA) is 46.1 Å². The minimum atomic E-state index is -0.262. The summed E-state index contributed by atoms with van der Waals surface area (Å²) in [6.07, 6.45) is 5.34. The Morgan fingerprint density at radius 3 is 2.79 bits per heavy atom. The number of hydrogen-bond donors (Lipinski definition) is 2. The molecule has 0 aliphatic rings. The van der Waals surface area contributed by atoms with Crippen LogP contribution in [0.2, 0.25) is 0 Å². The first-order valence-corrected chi connectivity index (χ1v) is 4.52. The van der Waals surface area contributed by atoms with Gasteiger partial charge in [-0.3, -0.25) is 9.47 Å². The van der Waals surface area contributed by atoms with Gasteiger partial charge >= 0.3 is 0 Å². The van der Waals surface area contributed by atoms with Crippen LogP contribution < -0.4 is 10.7 Å². The Kier molecular flexibility index (Phi) is 3.79. The minimum Gasteiger partial charge on any atom is -0.351 e. The van der Waals surface area contributed by atoms with Crippen LogP contribution in [-0.2, 0) is 4.79 Å². The highest BCUT2D eigenvalue weighted by molar-refractivity contribution is 5.82. The van der Waals surface area contributed by atoms with Crippen molar-refractivity contribution in [2.24, 2.45) is 0 Å². The Bertz CT molecular complexity index is 292. The van der Waals surface area contributed by atoms with Gasteiger partial charge in [0.1, 0.15) is 6.04 Å². The molecule has 1 atom stereocenters. The van der Waals surface area contributed by atoms with E-state index in [1.54, 1.807) is 17.7 Å². The third kappa shape index (κ3) is 2.97. The van der Waals surface area contributed by atoms with Crippen LogP contribution in [0.15, 0.2) is 37.2 Å². The van der Waals surface area contributed by atoms with Crippen molar-refractivity contribution in [3.05, 3.63) is 37.2 Å². The third-order valence-corrected chi connectivity index (χ3v) is 1.76. The Morgan fingerprint density at radius 2 is 2.21 bits per heavy atom. The maximum absolute atomic E-state index is 11.4. The Labute approximate surface area is 83.6 Å². The predicted molar refractivity (Wildman–Crippen MR) is 56.5 cm³/mol. The predicted octanol–water partition coefficient (Wildman–Crippen LogP) is 0.722. The highest BCUT2D eigenvalue weighted by atomic mass is 16.2. The summed E-state index contributed by atoms with van der Waals surface area (Å²) >= 11 is 0. The van der Waals surface area contributed by atoms with Crippen LogP contribution in [0.3, 0.4) is 0 Å². The molecule has 1 aromatic heterocycles. The number of carbonyl (C=O) groups excluding carboxylic acids is 1. The number of hydrogen-bond acceptors (Lipinski definition) is 2. The zero-order chi connectivity index (χ0) is 10.4. The van der Waals surface area contributed by atoms with Gasteiger partial charge in [-0.2, -0.15) is 0 Å². The molecule has 1 heterocycles. The van der Waals surface area contributed by atoms with Crippen molar-refractivity contribution in [3.63, 3.8) is 0 Å². The Morgan fingerprint density at radius 1 is 1.57 bits per heavy atom. The number of nitrogens with one attached hydrogen (secondary N) is 2. The van der Waals surface area contributed by atoms with Gasteiger partial charge < -0.3 is 10.7 Å². The molecule has 0 radical (unpaired) electrons. The lowest BCUT2D eigenvalue weighted by molar-refractivity contribution is -0.121. The molecule has 0 aliphatic heterocycles. The van der Waals surface area contributed by atoms with Gasteiger partial charge in [0, 0.05) is 18.9 Å². The molecule has 1 aromatic rings. The minimum absolute atomic E-state index is 0.0430. The molecule has 0 spiro atoms. The van der Waals surface area contributed by atoms with Crippen LogP contribution in [0.25, 0.3) is 0 Å². The smallest absolute Gasteiger partial charge is 0.244 e. The first-order chi connectivity index (χ1) is 6.74. The fourth-order valence-corrected chi connectivity index (χ4v) is 1.03. The number of rotatable bonds is 5. The first-order valence-electron chi connectivity index (χ1n) is 4.52. The molecule has 0 aromatic carbocycles. The molecular weight excluding hydrogens is 178 g/mol. The summed E-state index contributed by atoms with van der Waals surface area (Å²) in [7, 11) is 0. The highest BCUT2D eigenvalue weighted by Crippen LogP contribution is 1.89. The molecule has 1 amide bonds. The lowest BCUT2D eigenvalue weighted by Crippen LogP contribution is -2.40. The van der Waals surface area contributed by atoms with Crippen LogP contribution in [0.1, 0.15) is 6.92 Å². The summed E-state index contributed by atoms with van der Waals surface area (Å²) in [4.78, 5) is 11.4. The molecule has 4 heteroatoms. The maximum atomic E-state index is 11.4. The zero-order valence-corrected chi connectivity index (χ0v) is 8.23. The van der Waals surface area contributed by atoms with Gasteiger partial charge in [-0.25, -0.2) is 0 Å². The van der Waals surface area contributed by atoms with Crippen molar-refractivity contribution in [1.29, 1.82) is 0 Å². The molecule has 0 aliphatic carbocycles. The molecule has 0 fully saturated rings. The van der Waals surface area contributed by atoms with Gasteiger partial charge in [0.25, 0.3) is 0 Å². The van der Waals surface area contributed by atoms with Crippen LogP contribution in [0.5, 0.6) is 0 Å². The second kappa shape index (κ2) is 5.11. The summed E-state index contributed by atoms with van der Waals surface area (Å²) in [5.41, 5.74) is 3.00. The van der Waals surface area contributed by atoms with Crippen molar-refractivity contribution >= 4 is 5.91 Å². The van der Waals surface area contributed by atoms with E-state index in [-0.39, 0.29) is 11.9 Å². The van der Waals surface area contributed by atoms with E-state index in [0.29, 0.717) is 6.54 Å². The van der Waals surface area contributed by atoms with Gasteiger partial charge in [-0.15, -0.1) is 6.58 Å². The largest absolute Gasteiger partial charge is 0.351 e. The molecular formula is C10H15N3O. The summed E-state index contributed by atoms with van der Waals surface area (Å²) in [6.45, 7) is 5.83. The summed E-state index contributed by atoms with van der Waals surface area (Å²) < 4.78 is 1.75. The standard InChI is InChI=1S/C10H15N3O/c1-3-6-11-10(14)9(2)12-13-7-4-5-8-13/h3-5,7-9,12H,1,6H2,2H3,(H,11,14). The number of nitrogens with zero attached hydrogens (tertiary/aromatic N) is 1. The van der Waals surface area contributed by atoms with E-state index in [1.165, 1.54) is 0 Å². The fraction of sp³-hybridized carbons (Fsp3) is 0.300. The lowest BCUT2D eigenvalue weighted by atomic mass is 10.3. The van der Waals surface area contributed by atoms with E-state index in [0.717, 1.165) is 0 Å². The van der Waals surface area contributed by atoms with Gasteiger partial charge in [0.15, 0.2) is 0 Å². The number of aromatic nitrogens is 1. The molecule has 0 bridgehead atoms. The van der Waals surface area contributed by atoms with Crippen LogP contribution in [0.4, 0.5) is 0 Å². The van der Waals surface area contributed by atoms with E-state index < -0.39 is 0 Å². The summed E-state index contributed by atoms with van der Waals surface area (Å²) in [6, 6.07) is 3.52. The lowest BCUT2D eigenvalue weighted by Gasteiger charge is -2.15. The van der Waals surface area contributed by atoms with E-state index >= 15 is 0 Å². The van der Waals surface area contributed by atoms with Gasteiger partial charge in [0.05, 0.1) is 0 Å². The zero-order valence-electron chi connectivity index (χ0n) is 8.23. The number of carbonyl (C=O) groups is 1. The van der Waals surface area contributed by atoms with Crippen LogP contribution in [0, 0.1) is 0 Å². The fourth-order valence-electron chi connectivity index (χ4n) is 1.03. The third-order valence-electron chi connectivity index (χ3n) is 1.76. The quantitative estimate of drug-likeness (QED) is 0.677. The summed E-state index contributed by atoms with van der Waals surface area (Å²) in [5, 5.41) is 2.71. The van der Waals surface area contributed by atoms with Crippen molar-refractivity contribution in [3.8, 4) is 0 Å². The molecule has 0 saturated carbocycles. The highest BCUT2D eigenvalue weighted by Gasteiger charge is 2.10. The van der Waals surface area contributed by atoms with Gasteiger partial charge in [0.2, 0.25) is 5.91 Å². The van der Waals surface area contributed by atoms with E-state index in [4.69, 9.17) is 0 Å². The normalized spacial score (nSPS) is 11.8. The van der Waals surface area contributed by atoms with Crippen molar-refractivity contribution in [1.82, 2.24) is 9.99 Å². The van der Waals surface area contributed by atoms with E-state index in [1.807, 2.05) is 24.5 Å². The SMILES string of the molecule is C=CCNC(=O)C(C)Nn1cccc1. The Hall–Kier alpha value is -1.71. The summed E-state index contributed by atoms with van der Waals surface area (Å²) in [5.74, 6) is -0.0430. The molecule has 0 saturated heterocycles. The molecule has 76 valence electrons. The second-order valence-corrected chi connectivity index (χ2v) is 2.97. The van der Waals surface area contributed by atoms with E-state index in [2.05, 4.69) is 17.3 Å². The van der Waals surface area contributed by atoms with Gasteiger partial charge in [-0.05, 0) is 19.1 Å². The van der Waals surface area contributed by atoms with Crippen molar-refractivity contribution < 1.29 is 4.79 Å². The second-order valence-electron chi connectivity index (χ2n) is 2.97. The number of amides is 1. The van der Waals surface area contributed by atoms with E-state index in [9.17, 15) is 4.79 Å². The molecule has 14 heavy (non-hydrogen) atoms. The molecule has 4 nitrogen and oxygen atoms in total. The van der Waals surface area contributed by atoms with Gasteiger partial charge in [-0.1, -0.05) is 6.08 Å². The average molecular weight is 193 g/mol. The monoisotopic (exact) mass is 193 g/mol. The van der Waals surface area contributed by atoms with Crippen LogP contribution >= 0.6 is 0 Å². The van der Waals surface area contributed by atoms with Crippen molar-refractivity contribution in [2.45, 2.75) is 13.0 Å². The Balaban J connectivity index is 2.37. The maximum Gasteiger partial charge on any atom is 0.244 e. The van der Waals surface area contributed by atoms with Crippen LogP contribution in [-0.4, -0.2) is 23.2 Å². The molecule has 1 rings (SSSR count). The molecule has 1 unspecified atom stereocenters. The molecule has 2 N–H and O–H groups in total. The van der Waals surface area contributed by atoms with Crippen molar-refractivity contribution in [2.75, 3.05) is 12.0 Å². The first kappa shape index (κ1) is 10.4.